The maximum atomic E-state index is 6.02. The smallest absolute Gasteiger partial charge is 0.160 e. The van der Waals surface area contributed by atoms with Gasteiger partial charge in [-0.3, -0.25) is 0 Å². The van der Waals surface area contributed by atoms with Crippen LogP contribution in [0.4, 0.5) is 0 Å². The van der Waals surface area contributed by atoms with Gasteiger partial charge in [0.1, 0.15) is 11.3 Å². The van der Waals surface area contributed by atoms with Crippen LogP contribution < -0.4 is 0 Å². The number of fused-ring (bicyclic) bond motifs is 1. The molecular weight excluding hydrogens is 297 g/mol. The summed E-state index contributed by atoms with van der Waals surface area (Å²) >= 11 is 11.9. The molecule has 1 saturated heterocycles. The fraction of sp³-hybridized carbons (Fsp3) is 0.571. The summed E-state index contributed by atoms with van der Waals surface area (Å²) in [7, 11) is 0. The summed E-state index contributed by atoms with van der Waals surface area (Å²) in [4.78, 5) is 9.14. The lowest BCUT2D eigenvalue weighted by Crippen LogP contribution is -2.38. The van der Waals surface area contributed by atoms with Crippen molar-refractivity contribution in [3.63, 3.8) is 0 Å². The fourth-order valence-electron chi connectivity index (χ4n) is 2.89. The van der Waals surface area contributed by atoms with Crippen LogP contribution in [0.2, 0.25) is 5.02 Å². The highest BCUT2D eigenvalue weighted by molar-refractivity contribution is 6.31. The van der Waals surface area contributed by atoms with Crippen molar-refractivity contribution in [3.8, 4) is 0 Å². The second-order valence-corrected chi connectivity index (χ2v) is 6.23. The average Bonchev–Trinajstić information content (AvgIpc) is 2.91. The van der Waals surface area contributed by atoms with Crippen LogP contribution in [-0.2, 0) is 16.7 Å². The van der Waals surface area contributed by atoms with Crippen molar-refractivity contribution in [2.24, 2.45) is 0 Å². The second kappa shape index (κ2) is 5.17. The minimum atomic E-state index is -0.142. The zero-order valence-electron chi connectivity index (χ0n) is 11.6. The zero-order chi connectivity index (χ0) is 14.3. The van der Waals surface area contributed by atoms with Gasteiger partial charge in [0.05, 0.1) is 16.7 Å². The van der Waals surface area contributed by atoms with E-state index in [2.05, 4.69) is 28.4 Å². The van der Waals surface area contributed by atoms with Crippen LogP contribution in [0.1, 0.15) is 26.1 Å². The van der Waals surface area contributed by atoms with Gasteiger partial charge in [-0.2, -0.15) is 0 Å². The van der Waals surface area contributed by atoms with E-state index in [1.54, 1.807) is 6.20 Å². The quantitative estimate of drug-likeness (QED) is 0.815. The molecule has 2 aromatic heterocycles. The van der Waals surface area contributed by atoms with Crippen molar-refractivity contribution in [1.82, 2.24) is 14.5 Å². The molecule has 20 heavy (non-hydrogen) atoms. The maximum Gasteiger partial charge on any atom is 0.160 e. The Labute approximate surface area is 128 Å². The summed E-state index contributed by atoms with van der Waals surface area (Å²) in [5.41, 5.74) is 1.53. The summed E-state index contributed by atoms with van der Waals surface area (Å²) < 4.78 is 7.96. The summed E-state index contributed by atoms with van der Waals surface area (Å²) in [6, 6.07) is 1.85. The number of hydrogen-bond donors (Lipinski definition) is 0. The molecule has 2 unspecified atom stereocenters. The van der Waals surface area contributed by atoms with Gasteiger partial charge in [-0.25, -0.2) is 9.97 Å². The highest BCUT2D eigenvalue weighted by Gasteiger charge is 2.41. The van der Waals surface area contributed by atoms with Crippen LogP contribution in [0.5, 0.6) is 0 Å². The molecule has 0 N–H and O–H groups in total. The Bertz CT molecular complexity index is 643. The van der Waals surface area contributed by atoms with Gasteiger partial charge >= 0.3 is 0 Å². The molecule has 0 bridgehead atoms. The number of aryl methyl sites for hydroxylation is 1. The lowest BCUT2D eigenvalue weighted by Gasteiger charge is -2.31. The topological polar surface area (TPSA) is 39.9 Å². The first kappa shape index (κ1) is 14.1. The Morgan fingerprint density at radius 2 is 2.35 bits per heavy atom. The number of ether oxygens (including phenoxy) is 1. The van der Waals surface area contributed by atoms with Gasteiger partial charge < -0.3 is 9.30 Å². The number of pyridine rings is 1. The molecule has 0 radical (unpaired) electrons. The number of rotatable bonds is 3. The van der Waals surface area contributed by atoms with Crippen LogP contribution in [0.25, 0.3) is 11.2 Å². The van der Waals surface area contributed by atoms with Crippen molar-refractivity contribution >= 4 is 34.4 Å². The van der Waals surface area contributed by atoms with E-state index in [0.717, 1.165) is 30.0 Å². The van der Waals surface area contributed by atoms with E-state index in [4.69, 9.17) is 27.9 Å². The van der Waals surface area contributed by atoms with E-state index in [1.165, 1.54) is 0 Å². The van der Waals surface area contributed by atoms with Crippen molar-refractivity contribution in [2.75, 3.05) is 12.5 Å². The third-order valence-electron chi connectivity index (χ3n) is 4.21. The summed E-state index contributed by atoms with van der Waals surface area (Å²) in [5, 5.41) is 0.598. The molecule has 0 amide bonds. The van der Waals surface area contributed by atoms with Gasteiger partial charge in [0, 0.05) is 25.1 Å². The second-order valence-electron chi connectivity index (χ2n) is 5.42. The fourth-order valence-corrected chi connectivity index (χ4v) is 3.22. The molecule has 1 aliphatic rings. The van der Waals surface area contributed by atoms with E-state index >= 15 is 0 Å². The molecule has 0 saturated carbocycles. The largest absolute Gasteiger partial charge is 0.376 e. The Morgan fingerprint density at radius 3 is 3.00 bits per heavy atom. The van der Waals surface area contributed by atoms with Crippen LogP contribution in [0.15, 0.2) is 12.3 Å². The molecule has 6 heteroatoms. The molecule has 108 valence electrons. The lowest BCUT2D eigenvalue weighted by atomic mass is 9.94. The number of nitrogens with zero attached hydrogens (tertiary/aromatic N) is 3. The number of imidazole rings is 1. The van der Waals surface area contributed by atoms with E-state index in [9.17, 15) is 0 Å². The maximum absolute atomic E-state index is 6.02. The zero-order valence-corrected chi connectivity index (χ0v) is 13.1. The third kappa shape index (κ3) is 2.10. The first-order chi connectivity index (χ1) is 9.56. The summed E-state index contributed by atoms with van der Waals surface area (Å²) in [5.74, 6) is 1.48. The predicted molar refractivity (Wildman–Crippen MR) is 80.6 cm³/mol. The molecule has 2 aromatic rings. The van der Waals surface area contributed by atoms with Crippen LogP contribution in [-0.4, -0.2) is 33.1 Å². The highest BCUT2D eigenvalue weighted by atomic mass is 35.5. The number of alkyl halides is 1. The monoisotopic (exact) mass is 313 g/mol. The SMILES string of the molecule is CC1OCCC1(C)n1c(CCCl)nc2cc(Cl)cnc21. The van der Waals surface area contributed by atoms with Crippen molar-refractivity contribution < 1.29 is 4.74 Å². The highest BCUT2D eigenvalue weighted by Crippen LogP contribution is 2.37. The molecule has 1 aliphatic heterocycles. The first-order valence-corrected chi connectivity index (χ1v) is 7.68. The number of hydrogen-bond acceptors (Lipinski definition) is 3. The van der Waals surface area contributed by atoms with Gasteiger partial charge in [0.15, 0.2) is 5.65 Å². The molecule has 4 nitrogen and oxygen atoms in total. The summed E-state index contributed by atoms with van der Waals surface area (Å²) in [6.45, 7) is 5.05. The molecule has 0 spiro atoms. The molecule has 2 atom stereocenters. The Hall–Kier alpha value is -0.840. The van der Waals surface area contributed by atoms with Crippen molar-refractivity contribution in [2.45, 2.75) is 38.3 Å². The van der Waals surface area contributed by atoms with E-state index in [-0.39, 0.29) is 11.6 Å². The lowest BCUT2D eigenvalue weighted by molar-refractivity contribution is 0.0762. The van der Waals surface area contributed by atoms with Crippen LogP contribution >= 0.6 is 23.2 Å². The third-order valence-corrected chi connectivity index (χ3v) is 4.61. The summed E-state index contributed by atoms with van der Waals surface area (Å²) in [6.07, 6.45) is 3.43. The van der Waals surface area contributed by atoms with Gasteiger partial charge in [-0.15, -0.1) is 11.6 Å². The minimum Gasteiger partial charge on any atom is -0.376 e. The van der Waals surface area contributed by atoms with Gasteiger partial charge in [-0.05, 0) is 26.3 Å². The van der Waals surface area contributed by atoms with Crippen molar-refractivity contribution in [1.29, 1.82) is 0 Å². The minimum absolute atomic E-state index is 0.117. The first-order valence-electron chi connectivity index (χ1n) is 6.77. The normalized spacial score (nSPS) is 26.5. The predicted octanol–water partition coefficient (Wildman–Crippen LogP) is 3.39. The molecule has 3 rings (SSSR count). The Morgan fingerprint density at radius 1 is 1.55 bits per heavy atom. The molecule has 1 fully saturated rings. The van der Waals surface area contributed by atoms with Gasteiger partial charge in [0.2, 0.25) is 0 Å². The molecule has 3 heterocycles. The Balaban J connectivity index is 2.23. The van der Waals surface area contributed by atoms with Crippen LogP contribution in [0, 0.1) is 0 Å². The molecule has 0 aromatic carbocycles. The van der Waals surface area contributed by atoms with E-state index in [0.29, 0.717) is 17.3 Å². The standard InChI is InChI=1S/C14H17Cl2N3O/c1-9-14(2,4-6-20-9)19-12(3-5-15)18-11-7-10(16)8-17-13(11)19/h7-9H,3-6H2,1-2H3. The van der Waals surface area contributed by atoms with Crippen LogP contribution in [0.3, 0.4) is 0 Å². The average molecular weight is 314 g/mol. The van der Waals surface area contributed by atoms with E-state index in [1.807, 2.05) is 6.07 Å². The molecular formula is C14H17Cl2N3O. The number of halogens is 2. The molecule has 0 aliphatic carbocycles. The Kier molecular flexibility index (Phi) is 3.65. The number of aromatic nitrogens is 3. The van der Waals surface area contributed by atoms with Gasteiger partial charge in [0.25, 0.3) is 0 Å². The van der Waals surface area contributed by atoms with Gasteiger partial charge in [-0.1, -0.05) is 11.6 Å². The van der Waals surface area contributed by atoms with Crippen molar-refractivity contribution in [3.05, 3.63) is 23.1 Å². The van der Waals surface area contributed by atoms with E-state index < -0.39 is 0 Å².